The van der Waals surface area contributed by atoms with Gasteiger partial charge in [-0.25, -0.2) is 0 Å². The molecule has 2 heterocycles. The lowest BCUT2D eigenvalue weighted by atomic mass is 10.2. The number of nitrogens with one attached hydrogen (secondary N) is 2. The third-order valence-corrected chi connectivity index (χ3v) is 5.05. The number of aromatic nitrogens is 1. The van der Waals surface area contributed by atoms with Gasteiger partial charge in [0.1, 0.15) is 0 Å². The zero-order valence-electron chi connectivity index (χ0n) is 9.54. The van der Waals surface area contributed by atoms with Crippen molar-refractivity contribution < 1.29 is 4.79 Å². The lowest BCUT2D eigenvalue weighted by molar-refractivity contribution is 0.102. The fourth-order valence-corrected chi connectivity index (χ4v) is 4.62. The van der Waals surface area contributed by atoms with Crippen molar-refractivity contribution in [2.75, 3.05) is 5.32 Å². The molecule has 0 saturated carbocycles. The lowest BCUT2D eigenvalue weighted by Gasteiger charge is -2.04. The molecule has 3 aromatic rings. The second kappa shape index (κ2) is 5.11. The maximum atomic E-state index is 12.2. The number of aromatic amines is 1. The predicted octanol–water partition coefficient (Wildman–Crippen LogP) is 5.01. The summed E-state index contributed by atoms with van der Waals surface area (Å²) in [5, 5.41) is 3.97. The molecular weight excluding hydrogens is 392 g/mol. The molecule has 3 rings (SSSR count). The van der Waals surface area contributed by atoms with E-state index in [1.165, 1.54) is 11.3 Å². The molecule has 0 bridgehead atoms. The zero-order chi connectivity index (χ0) is 13.4. The Bertz CT molecular complexity index is 763. The summed E-state index contributed by atoms with van der Waals surface area (Å²) in [5.41, 5.74) is 2.47. The Morgan fingerprint density at radius 3 is 2.79 bits per heavy atom. The van der Waals surface area contributed by atoms with E-state index in [1.54, 1.807) is 6.07 Å². The van der Waals surface area contributed by atoms with Crippen LogP contribution in [0.5, 0.6) is 0 Å². The third kappa shape index (κ3) is 2.61. The lowest BCUT2D eigenvalue weighted by Crippen LogP contribution is -2.11. The van der Waals surface area contributed by atoms with Gasteiger partial charge >= 0.3 is 0 Å². The molecule has 1 amide bonds. The number of anilines is 1. The molecule has 3 nitrogen and oxygen atoms in total. The van der Waals surface area contributed by atoms with E-state index >= 15 is 0 Å². The van der Waals surface area contributed by atoms with E-state index in [-0.39, 0.29) is 5.91 Å². The SMILES string of the molecule is O=C(Nc1ccc2[nH]ccc2c1)c1cc(Br)sc1Br. The van der Waals surface area contributed by atoms with Gasteiger partial charge in [0, 0.05) is 22.8 Å². The number of rotatable bonds is 2. The third-order valence-electron chi connectivity index (χ3n) is 2.71. The van der Waals surface area contributed by atoms with Crippen molar-refractivity contribution in [3.05, 3.63) is 49.7 Å². The number of hydrogen-bond acceptors (Lipinski definition) is 2. The normalized spacial score (nSPS) is 10.8. The van der Waals surface area contributed by atoms with Gasteiger partial charge in [-0.1, -0.05) is 0 Å². The van der Waals surface area contributed by atoms with Crippen LogP contribution < -0.4 is 5.32 Å². The molecule has 0 unspecified atom stereocenters. The fraction of sp³-hybridized carbons (Fsp3) is 0. The topological polar surface area (TPSA) is 44.9 Å². The summed E-state index contributed by atoms with van der Waals surface area (Å²) in [7, 11) is 0. The van der Waals surface area contributed by atoms with Gasteiger partial charge in [-0.15, -0.1) is 11.3 Å². The van der Waals surface area contributed by atoms with Gasteiger partial charge in [0.05, 0.1) is 13.1 Å². The van der Waals surface area contributed by atoms with Crippen LogP contribution in [0.2, 0.25) is 0 Å². The highest BCUT2D eigenvalue weighted by Gasteiger charge is 2.13. The van der Waals surface area contributed by atoms with Crippen molar-refractivity contribution in [3.8, 4) is 0 Å². The average molecular weight is 400 g/mol. The zero-order valence-corrected chi connectivity index (χ0v) is 13.5. The van der Waals surface area contributed by atoms with E-state index in [9.17, 15) is 4.79 Å². The van der Waals surface area contributed by atoms with Crippen molar-refractivity contribution in [2.24, 2.45) is 0 Å². The van der Waals surface area contributed by atoms with Gasteiger partial charge in [0.2, 0.25) is 0 Å². The molecule has 0 saturated heterocycles. The van der Waals surface area contributed by atoms with Crippen molar-refractivity contribution in [2.45, 2.75) is 0 Å². The summed E-state index contributed by atoms with van der Waals surface area (Å²) in [6.45, 7) is 0. The van der Waals surface area contributed by atoms with E-state index in [0.717, 1.165) is 24.2 Å². The number of thiophene rings is 1. The van der Waals surface area contributed by atoms with Crippen LogP contribution in [0.4, 0.5) is 5.69 Å². The minimum atomic E-state index is -0.122. The van der Waals surface area contributed by atoms with Gasteiger partial charge in [-0.3, -0.25) is 4.79 Å². The first kappa shape index (κ1) is 12.9. The number of amides is 1. The van der Waals surface area contributed by atoms with E-state index < -0.39 is 0 Å². The highest BCUT2D eigenvalue weighted by Crippen LogP contribution is 2.32. The number of carbonyl (C=O) groups excluding carboxylic acids is 1. The fourth-order valence-electron chi connectivity index (χ4n) is 1.82. The summed E-state index contributed by atoms with van der Waals surface area (Å²) in [4.78, 5) is 15.3. The summed E-state index contributed by atoms with van der Waals surface area (Å²) in [6, 6.07) is 9.55. The number of carbonyl (C=O) groups is 1. The largest absolute Gasteiger partial charge is 0.361 e. The Balaban J connectivity index is 1.88. The molecule has 0 aliphatic rings. The van der Waals surface area contributed by atoms with Crippen molar-refractivity contribution in [1.82, 2.24) is 4.98 Å². The maximum Gasteiger partial charge on any atom is 0.257 e. The monoisotopic (exact) mass is 398 g/mol. The standard InChI is InChI=1S/C13H8Br2N2OS/c14-11-6-9(12(15)19-11)13(18)17-8-1-2-10-7(5-8)3-4-16-10/h1-6,16H,(H,17,18). The van der Waals surface area contributed by atoms with E-state index in [4.69, 9.17) is 0 Å². The van der Waals surface area contributed by atoms with E-state index in [2.05, 4.69) is 42.2 Å². The van der Waals surface area contributed by atoms with Gasteiger partial charge < -0.3 is 10.3 Å². The average Bonchev–Trinajstić information content (AvgIpc) is 2.94. The summed E-state index contributed by atoms with van der Waals surface area (Å²) < 4.78 is 1.74. The number of H-pyrrole nitrogens is 1. The number of hydrogen-bond donors (Lipinski definition) is 2. The molecule has 0 atom stereocenters. The molecule has 1 aromatic carbocycles. The first-order valence-electron chi connectivity index (χ1n) is 5.47. The quantitative estimate of drug-likeness (QED) is 0.625. The number of benzene rings is 1. The Morgan fingerprint density at radius 1 is 1.21 bits per heavy atom. The predicted molar refractivity (Wildman–Crippen MR) is 86.0 cm³/mol. The molecule has 0 aliphatic heterocycles. The molecular formula is C13H8Br2N2OS. The second-order valence-electron chi connectivity index (χ2n) is 3.97. The smallest absolute Gasteiger partial charge is 0.257 e. The molecule has 0 aliphatic carbocycles. The number of halogens is 2. The Morgan fingerprint density at radius 2 is 2.05 bits per heavy atom. The van der Waals surface area contributed by atoms with Crippen LogP contribution in [0.3, 0.4) is 0 Å². The van der Waals surface area contributed by atoms with Crippen LogP contribution in [-0.4, -0.2) is 10.9 Å². The Kier molecular flexibility index (Phi) is 3.47. The molecule has 2 aromatic heterocycles. The molecule has 19 heavy (non-hydrogen) atoms. The Labute approximate surface area is 130 Å². The second-order valence-corrected chi connectivity index (χ2v) is 7.72. The highest BCUT2D eigenvalue weighted by atomic mass is 79.9. The van der Waals surface area contributed by atoms with E-state index in [0.29, 0.717) is 5.56 Å². The van der Waals surface area contributed by atoms with Gasteiger partial charge in [0.25, 0.3) is 5.91 Å². The van der Waals surface area contributed by atoms with Gasteiger partial charge in [-0.05, 0) is 62.2 Å². The molecule has 0 spiro atoms. The maximum absolute atomic E-state index is 12.2. The van der Waals surface area contributed by atoms with Crippen LogP contribution in [0.25, 0.3) is 10.9 Å². The van der Waals surface area contributed by atoms with Crippen LogP contribution in [-0.2, 0) is 0 Å². The first-order chi connectivity index (χ1) is 9.13. The first-order valence-corrected chi connectivity index (χ1v) is 7.87. The summed E-state index contributed by atoms with van der Waals surface area (Å²) in [5.74, 6) is -0.122. The van der Waals surface area contributed by atoms with Crippen molar-refractivity contribution in [3.63, 3.8) is 0 Å². The highest BCUT2D eigenvalue weighted by molar-refractivity contribution is 9.12. The van der Waals surface area contributed by atoms with Crippen LogP contribution in [0.1, 0.15) is 10.4 Å². The molecule has 6 heteroatoms. The number of fused-ring (bicyclic) bond motifs is 1. The van der Waals surface area contributed by atoms with Crippen LogP contribution in [0.15, 0.2) is 44.1 Å². The molecule has 2 N–H and O–H groups in total. The minimum absolute atomic E-state index is 0.122. The summed E-state index contributed by atoms with van der Waals surface area (Å²) >= 11 is 8.24. The summed E-state index contributed by atoms with van der Waals surface area (Å²) in [6.07, 6.45) is 1.88. The van der Waals surface area contributed by atoms with Gasteiger partial charge in [-0.2, -0.15) is 0 Å². The van der Waals surface area contributed by atoms with Crippen molar-refractivity contribution >= 4 is 65.7 Å². The van der Waals surface area contributed by atoms with E-state index in [1.807, 2.05) is 30.5 Å². The van der Waals surface area contributed by atoms with Crippen LogP contribution >= 0.6 is 43.2 Å². The molecule has 96 valence electrons. The van der Waals surface area contributed by atoms with Crippen molar-refractivity contribution in [1.29, 1.82) is 0 Å². The Hall–Kier alpha value is -1.11. The molecule has 0 radical (unpaired) electrons. The minimum Gasteiger partial charge on any atom is -0.361 e. The molecule has 0 fully saturated rings. The van der Waals surface area contributed by atoms with Gasteiger partial charge in [0.15, 0.2) is 0 Å². The van der Waals surface area contributed by atoms with Crippen LogP contribution in [0, 0.1) is 0 Å².